The molecule has 0 radical (unpaired) electrons. The lowest BCUT2D eigenvalue weighted by Gasteiger charge is -2.36. The van der Waals surface area contributed by atoms with Gasteiger partial charge in [0.15, 0.2) is 11.0 Å². The van der Waals surface area contributed by atoms with Crippen LogP contribution in [0, 0.1) is 0 Å². The third-order valence-electron chi connectivity index (χ3n) is 5.16. The summed E-state index contributed by atoms with van der Waals surface area (Å²) >= 11 is 3.11. The average molecular weight is 444 g/mol. The van der Waals surface area contributed by atoms with E-state index in [9.17, 15) is 4.79 Å². The lowest BCUT2D eigenvalue weighted by molar-refractivity contribution is -0.128. The second kappa shape index (κ2) is 9.53. The third-order valence-corrected chi connectivity index (χ3v) is 6.97. The molecule has 3 heterocycles. The Morgan fingerprint density at radius 2 is 1.93 bits per heavy atom. The molecule has 7 nitrogen and oxygen atoms in total. The Kier molecular flexibility index (Phi) is 6.59. The van der Waals surface area contributed by atoms with Crippen molar-refractivity contribution in [3.8, 4) is 16.5 Å². The number of anilines is 1. The number of piperazine rings is 1. The molecule has 1 aliphatic rings. The maximum Gasteiger partial charge on any atom is 0.233 e. The summed E-state index contributed by atoms with van der Waals surface area (Å²) in [5.74, 6) is 2.25. The van der Waals surface area contributed by atoms with Crippen LogP contribution >= 0.6 is 23.1 Å². The Labute approximate surface area is 184 Å². The molecule has 30 heavy (non-hydrogen) atoms. The first kappa shape index (κ1) is 20.7. The topological polar surface area (TPSA) is 63.5 Å². The molecule has 158 valence electrons. The summed E-state index contributed by atoms with van der Waals surface area (Å²) in [6, 6.07) is 12.1. The Bertz CT molecular complexity index is 981. The lowest BCUT2D eigenvalue weighted by atomic mass is 10.2. The van der Waals surface area contributed by atoms with Crippen molar-refractivity contribution in [2.24, 2.45) is 0 Å². The number of hydrogen-bond acceptors (Lipinski definition) is 7. The van der Waals surface area contributed by atoms with Gasteiger partial charge >= 0.3 is 0 Å². The Morgan fingerprint density at radius 1 is 1.13 bits per heavy atom. The maximum absolute atomic E-state index is 12.8. The number of benzene rings is 1. The number of para-hydroxylation sites is 2. The molecule has 0 bridgehead atoms. The monoisotopic (exact) mass is 443 g/mol. The highest BCUT2D eigenvalue weighted by atomic mass is 32.2. The number of hydrogen-bond donors (Lipinski definition) is 0. The number of aromatic nitrogens is 3. The number of thiophene rings is 1. The van der Waals surface area contributed by atoms with Gasteiger partial charge in [-0.2, -0.15) is 0 Å². The molecule has 4 rings (SSSR count). The van der Waals surface area contributed by atoms with Crippen LogP contribution in [0.25, 0.3) is 10.7 Å². The van der Waals surface area contributed by atoms with Crippen LogP contribution in [0.15, 0.2) is 46.9 Å². The summed E-state index contributed by atoms with van der Waals surface area (Å²) in [4.78, 5) is 18.1. The standard InChI is InChI=1S/C21H25N5O2S2/c1-3-26-20(18-9-6-14-29-18)22-23-21(26)30-15-19(27)25-12-10-24(11-13-25)16-7-4-5-8-17(16)28-2/h4-9,14H,3,10-13,15H2,1-2H3. The SMILES string of the molecule is CCn1c(SCC(=O)N2CCN(c3ccccc3OC)CC2)nnc1-c1cccs1. The highest BCUT2D eigenvalue weighted by Crippen LogP contribution is 2.29. The summed E-state index contributed by atoms with van der Waals surface area (Å²) in [5.41, 5.74) is 1.08. The van der Waals surface area contributed by atoms with Crippen LogP contribution < -0.4 is 9.64 Å². The van der Waals surface area contributed by atoms with Gasteiger partial charge in [-0.15, -0.1) is 21.5 Å². The van der Waals surface area contributed by atoms with Gasteiger partial charge in [0.1, 0.15) is 5.75 Å². The predicted molar refractivity (Wildman–Crippen MR) is 122 cm³/mol. The number of thioether (sulfide) groups is 1. The van der Waals surface area contributed by atoms with E-state index in [1.165, 1.54) is 11.8 Å². The zero-order valence-electron chi connectivity index (χ0n) is 17.2. The molecule has 1 amide bonds. The Morgan fingerprint density at radius 3 is 2.63 bits per heavy atom. The first-order chi connectivity index (χ1) is 14.7. The minimum Gasteiger partial charge on any atom is -0.495 e. The van der Waals surface area contributed by atoms with Crippen LogP contribution in [-0.4, -0.2) is 64.6 Å². The Balaban J connectivity index is 1.34. The van der Waals surface area contributed by atoms with Crippen molar-refractivity contribution in [3.63, 3.8) is 0 Å². The van der Waals surface area contributed by atoms with E-state index in [-0.39, 0.29) is 5.91 Å². The van der Waals surface area contributed by atoms with Gasteiger partial charge in [-0.1, -0.05) is 30.0 Å². The molecular weight excluding hydrogens is 418 g/mol. The molecule has 1 saturated heterocycles. The van der Waals surface area contributed by atoms with Gasteiger partial charge in [0.2, 0.25) is 5.91 Å². The molecule has 0 atom stereocenters. The van der Waals surface area contributed by atoms with Gasteiger partial charge < -0.3 is 19.1 Å². The van der Waals surface area contributed by atoms with Crippen LogP contribution in [0.1, 0.15) is 6.92 Å². The number of carbonyl (C=O) groups excluding carboxylic acids is 1. The molecule has 2 aromatic heterocycles. The molecule has 0 aliphatic carbocycles. The van der Waals surface area contributed by atoms with Crippen LogP contribution in [0.2, 0.25) is 0 Å². The van der Waals surface area contributed by atoms with Gasteiger partial charge in [0, 0.05) is 32.7 Å². The first-order valence-electron chi connectivity index (χ1n) is 9.97. The minimum absolute atomic E-state index is 0.142. The van der Waals surface area contributed by atoms with Crippen molar-refractivity contribution in [2.45, 2.75) is 18.6 Å². The second-order valence-corrected chi connectivity index (χ2v) is 8.75. The molecule has 0 saturated carbocycles. The third kappa shape index (κ3) is 4.32. The van der Waals surface area contributed by atoms with Gasteiger partial charge in [-0.3, -0.25) is 4.79 Å². The van der Waals surface area contributed by atoms with Crippen molar-refractivity contribution in [2.75, 3.05) is 43.9 Å². The van der Waals surface area contributed by atoms with E-state index in [4.69, 9.17) is 4.74 Å². The number of rotatable bonds is 7. The second-order valence-electron chi connectivity index (χ2n) is 6.86. The zero-order valence-corrected chi connectivity index (χ0v) is 18.8. The summed E-state index contributed by atoms with van der Waals surface area (Å²) in [6.45, 7) is 5.85. The molecular formula is C21H25N5O2S2. The Hall–Kier alpha value is -2.52. The predicted octanol–water partition coefficient (Wildman–Crippen LogP) is 3.48. The smallest absolute Gasteiger partial charge is 0.233 e. The largest absolute Gasteiger partial charge is 0.495 e. The van der Waals surface area contributed by atoms with Crippen molar-refractivity contribution in [1.29, 1.82) is 0 Å². The highest BCUT2D eigenvalue weighted by molar-refractivity contribution is 7.99. The summed E-state index contributed by atoms with van der Waals surface area (Å²) < 4.78 is 7.54. The molecule has 1 aromatic carbocycles. The number of nitrogens with zero attached hydrogens (tertiary/aromatic N) is 5. The molecule has 1 aliphatic heterocycles. The van der Waals surface area contributed by atoms with Gasteiger partial charge in [-0.05, 0) is 30.5 Å². The number of ether oxygens (including phenoxy) is 1. The minimum atomic E-state index is 0.142. The molecule has 3 aromatic rings. The molecule has 1 fully saturated rings. The number of carbonyl (C=O) groups is 1. The maximum atomic E-state index is 12.8. The van der Waals surface area contributed by atoms with Crippen LogP contribution in [0.3, 0.4) is 0 Å². The van der Waals surface area contributed by atoms with Crippen LogP contribution in [0.5, 0.6) is 5.75 Å². The van der Waals surface area contributed by atoms with E-state index in [0.717, 1.165) is 46.9 Å². The van der Waals surface area contributed by atoms with Crippen molar-refractivity contribution in [1.82, 2.24) is 19.7 Å². The number of methoxy groups -OCH3 is 1. The fraction of sp³-hybridized carbons (Fsp3) is 0.381. The zero-order chi connectivity index (χ0) is 20.9. The summed E-state index contributed by atoms with van der Waals surface area (Å²) in [5, 5.41) is 11.5. The quantitative estimate of drug-likeness (QED) is 0.521. The fourth-order valence-corrected chi connectivity index (χ4v) is 5.20. The highest BCUT2D eigenvalue weighted by Gasteiger charge is 2.24. The fourth-order valence-electron chi connectivity index (χ4n) is 3.57. The van der Waals surface area contributed by atoms with E-state index in [0.29, 0.717) is 18.8 Å². The average Bonchev–Trinajstić information content (AvgIpc) is 3.47. The van der Waals surface area contributed by atoms with Gasteiger partial charge in [0.05, 0.1) is 23.4 Å². The number of amides is 1. The normalized spacial score (nSPS) is 14.2. The molecule has 9 heteroatoms. The van der Waals surface area contributed by atoms with Crippen LogP contribution in [0.4, 0.5) is 5.69 Å². The first-order valence-corrected chi connectivity index (χ1v) is 11.8. The van der Waals surface area contributed by atoms with Gasteiger partial charge in [0.25, 0.3) is 0 Å². The molecule has 0 unspecified atom stereocenters. The van der Waals surface area contributed by atoms with E-state index in [1.54, 1.807) is 18.4 Å². The molecule has 0 spiro atoms. The van der Waals surface area contributed by atoms with E-state index < -0.39 is 0 Å². The van der Waals surface area contributed by atoms with Crippen molar-refractivity contribution >= 4 is 34.7 Å². The molecule has 0 N–H and O–H groups in total. The van der Waals surface area contributed by atoms with E-state index in [2.05, 4.69) is 32.7 Å². The van der Waals surface area contributed by atoms with E-state index >= 15 is 0 Å². The van der Waals surface area contributed by atoms with E-state index in [1.807, 2.05) is 40.6 Å². The van der Waals surface area contributed by atoms with Gasteiger partial charge in [-0.25, -0.2) is 0 Å². The summed E-state index contributed by atoms with van der Waals surface area (Å²) in [6.07, 6.45) is 0. The van der Waals surface area contributed by atoms with Crippen molar-refractivity contribution in [3.05, 3.63) is 41.8 Å². The van der Waals surface area contributed by atoms with Crippen molar-refractivity contribution < 1.29 is 9.53 Å². The lowest BCUT2D eigenvalue weighted by Crippen LogP contribution is -2.49. The summed E-state index contributed by atoms with van der Waals surface area (Å²) in [7, 11) is 1.69. The van der Waals surface area contributed by atoms with Crippen LogP contribution in [-0.2, 0) is 11.3 Å².